The van der Waals surface area contributed by atoms with E-state index >= 15 is 0 Å². The number of hydrogen-bond acceptors (Lipinski definition) is 1. The van der Waals surface area contributed by atoms with Gasteiger partial charge in [0.1, 0.15) is 0 Å². The number of rotatable bonds is 4. The van der Waals surface area contributed by atoms with E-state index in [1.807, 2.05) is 24.3 Å². The predicted octanol–water partition coefficient (Wildman–Crippen LogP) is 5.17. The lowest BCUT2D eigenvalue weighted by molar-refractivity contribution is -0.137. The third-order valence-corrected chi connectivity index (χ3v) is 4.17. The van der Waals surface area contributed by atoms with Gasteiger partial charge in [0.2, 0.25) is 0 Å². The maximum atomic E-state index is 12.6. The van der Waals surface area contributed by atoms with Crippen molar-refractivity contribution in [3.63, 3.8) is 0 Å². The molecule has 116 valence electrons. The summed E-state index contributed by atoms with van der Waals surface area (Å²) in [5.74, 6) is 0.768. The van der Waals surface area contributed by atoms with Crippen LogP contribution in [0, 0.1) is 5.92 Å². The van der Waals surface area contributed by atoms with Crippen molar-refractivity contribution in [2.75, 3.05) is 0 Å². The van der Waals surface area contributed by atoms with Gasteiger partial charge in [0, 0.05) is 6.04 Å². The minimum Gasteiger partial charge on any atom is -0.324 e. The highest BCUT2D eigenvalue weighted by Crippen LogP contribution is 2.37. The number of nitrogens with two attached hydrogens (primary N) is 1. The second kappa shape index (κ2) is 5.76. The van der Waals surface area contributed by atoms with Crippen LogP contribution in [-0.2, 0) is 6.18 Å². The molecule has 0 saturated heterocycles. The molecule has 1 fully saturated rings. The second-order valence-electron chi connectivity index (χ2n) is 5.98. The molecule has 0 bridgehead atoms. The second-order valence-corrected chi connectivity index (χ2v) is 5.98. The van der Waals surface area contributed by atoms with Crippen molar-refractivity contribution in [3.05, 3.63) is 59.7 Å². The molecule has 0 heterocycles. The van der Waals surface area contributed by atoms with E-state index in [-0.39, 0.29) is 6.04 Å². The van der Waals surface area contributed by atoms with Gasteiger partial charge < -0.3 is 5.73 Å². The van der Waals surface area contributed by atoms with Gasteiger partial charge in [-0.15, -0.1) is 0 Å². The summed E-state index contributed by atoms with van der Waals surface area (Å²) in [6, 6.07) is 13.1. The van der Waals surface area contributed by atoms with Crippen LogP contribution in [-0.4, -0.2) is 0 Å². The van der Waals surface area contributed by atoms with Gasteiger partial charge in [-0.2, -0.15) is 13.2 Å². The molecule has 1 aliphatic rings. The topological polar surface area (TPSA) is 26.0 Å². The third-order valence-electron chi connectivity index (χ3n) is 4.17. The van der Waals surface area contributed by atoms with Gasteiger partial charge in [0.25, 0.3) is 0 Å². The van der Waals surface area contributed by atoms with Crippen LogP contribution in [0.2, 0.25) is 0 Å². The van der Waals surface area contributed by atoms with E-state index in [0.29, 0.717) is 0 Å². The van der Waals surface area contributed by atoms with Crippen LogP contribution in [0.5, 0.6) is 0 Å². The molecule has 0 spiro atoms. The molecule has 1 atom stereocenters. The molecule has 0 amide bonds. The molecular formula is C18H18F3N. The molecule has 2 N–H and O–H groups in total. The zero-order valence-corrected chi connectivity index (χ0v) is 12.1. The van der Waals surface area contributed by atoms with E-state index < -0.39 is 11.7 Å². The van der Waals surface area contributed by atoms with E-state index in [2.05, 4.69) is 0 Å². The van der Waals surface area contributed by atoms with Crippen LogP contribution < -0.4 is 5.73 Å². The van der Waals surface area contributed by atoms with Gasteiger partial charge in [-0.3, -0.25) is 0 Å². The number of alkyl halides is 3. The van der Waals surface area contributed by atoms with E-state index in [1.54, 1.807) is 0 Å². The van der Waals surface area contributed by atoms with Crippen molar-refractivity contribution in [1.29, 1.82) is 0 Å². The largest absolute Gasteiger partial charge is 0.416 e. The van der Waals surface area contributed by atoms with Crippen LogP contribution in [0.25, 0.3) is 11.1 Å². The standard InChI is InChI=1S/C18H18F3N/c19-18(20,21)16-9-7-14(8-10-16)13-3-5-15(6-4-13)17(22)11-12-1-2-12/h3-10,12,17H,1-2,11,22H2. The predicted molar refractivity (Wildman–Crippen MR) is 81.1 cm³/mol. The summed E-state index contributed by atoms with van der Waals surface area (Å²) in [4.78, 5) is 0. The summed E-state index contributed by atoms with van der Waals surface area (Å²) in [5, 5.41) is 0. The quantitative estimate of drug-likeness (QED) is 0.828. The normalized spacial score (nSPS) is 16.5. The van der Waals surface area contributed by atoms with E-state index in [1.165, 1.54) is 25.0 Å². The van der Waals surface area contributed by atoms with Crippen LogP contribution in [0.1, 0.15) is 36.4 Å². The van der Waals surface area contributed by atoms with Crippen LogP contribution in [0.3, 0.4) is 0 Å². The van der Waals surface area contributed by atoms with Gasteiger partial charge >= 0.3 is 6.18 Å². The van der Waals surface area contributed by atoms with Crippen LogP contribution in [0.4, 0.5) is 13.2 Å². The van der Waals surface area contributed by atoms with E-state index in [9.17, 15) is 13.2 Å². The first-order valence-corrected chi connectivity index (χ1v) is 7.46. The van der Waals surface area contributed by atoms with Crippen molar-refractivity contribution in [2.45, 2.75) is 31.5 Å². The maximum absolute atomic E-state index is 12.6. The summed E-state index contributed by atoms with van der Waals surface area (Å²) in [6.45, 7) is 0. The Balaban J connectivity index is 1.74. The molecule has 4 heteroatoms. The average Bonchev–Trinajstić information content (AvgIpc) is 3.31. The highest BCUT2D eigenvalue weighted by atomic mass is 19.4. The van der Waals surface area contributed by atoms with E-state index in [0.717, 1.165) is 41.2 Å². The zero-order chi connectivity index (χ0) is 15.7. The third kappa shape index (κ3) is 3.50. The monoisotopic (exact) mass is 305 g/mol. The lowest BCUT2D eigenvalue weighted by atomic mass is 9.98. The molecule has 22 heavy (non-hydrogen) atoms. The molecule has 3 rings (SSSR count). The number of benzene rings is 2. The van der Waals surface area contributed by atoms with Gasteiger partial charge in [-0.25, -0.2) is 0 Å². The molecular weight excluding hydrogens is 287 g/mol. The Hall–Kier alpha value is -1.81. The fraction of sp³-hybridized carbons (Fsp3) is 0.333. The zero-order valence-electron chi connectivity index (χ0n) is 12.1. The van der Waals surface area contributed by atoms with Gasteiger partial charge in [0.15, 0.2) is 0 Å². The van der Waals surface area contributed by atoms with Gasteiger partial charge in [-0.1, -0.05) is 49.2 Å². The summed E-state index contributed by atoms with van der Waals surface area (Å²) >= 11 is 0. The van der Waals surface area contributed by atoms with Crippen molar-refractivity contribution < 1.29 is 13.2 Å². The number of halogens is 3. The molecule has 2 aromatic carbocycles. The van der Waals surface area contributed by atoms with Crippen molar-refractivity contribution in [1.82, 2.24) is 0 Å². The molecule has 1 saturated carbocycles. The smallest absolute Gasteiger partial charge is 0.324 e. The maximum Gasteiger partial charge on any atom is 0.416 e. The molecule has 0 aliphatic heterocycles. The van der Waals surface area contributed by atoms with Crippen molar-refractivity contribution >= 4 is 0 Å². The molecule has 1 nitrogen and oxygen atoms in total. The molecule has 1 aliphatic carbocycles. The van der Waals surface area contributed by atoms with Crippen LogP contribution >= 0.6 is 0 Å². The molecule has 2 aromatic rings. The molecule has 0 aromatic heterocycles. The first-order chi connectivity index (χ1) is 10.4. The lowest BCUT2D eigenvalue weighted by Gasteiger charge is -2.12. The Bertz CT molecular complexity index is 625. The SMILES string of the molecule is NC(CC1CC1)c1ccc(-c2ccc(C(F)(F)F)cc2)cc1. The Kier molecular flexibility index (Phi) is 3.96. The van der Waals surface area contributed by atoms with E-state index in [4.69, 9.17) is 5.73 Å². The fourth-order valence-electron chi connectivity index (χ4n) is 2.62. The summed E-state index contributed by atoms with van der Waals surface area (Å²) in [7, 11) is 0. The fourth-order valence-corrected chi connectivity index (χ4v) is 2.62. The lowest BCUT2D eigenvalue weighted by Crippen LogP contribution is -2.10. The summed E-state index contributed by atoms with van der Waals surface area (Å²) < 4.78 is 37.7. The average molecular weight is 305 g/mol. The van der Waals surface area contributed by atoms with Crippen molar-refractivity contribution in [3.8, 4) is 11.1 Å². The minimum absolute atomic E-state index is 0.0501. The van der Waals surface area contributed by atoms with Gasteiger partial charge in [-0.05, 0) is 41.2 Å². The Morgan fingerprint density at radius 1 is 0.909 bits per heavy atom. The summed E-state index contributed by atoms with van der Waals surface area (Å²) in [5.41, 5.74) is 8.30. The molecule has 0 radical (unpaired) electrons. The highest BCUT2D eigenvalue weighted by molar-refractivity contribution is 5.64. The Labute approximate surface area is 128 Å². The first kappa shape index (κ1) is 15.1. The van der Waals surface area contributed by atoms with Gasteiger partial charge in [0.05, 0.1) is 5.56 Å². The summed E-state index contributed by atoms with van der Waals surface area (Å²) in [6.07, 6.45) is -0.730. The minimum atomic E-state index is -4.29. The highest BCUT2D eigenvalue weighted by Gasteiger charge is 2.30. The number of hydrogen-bond donors (Lipinski definition) is 1. The van der Waals surface area contributed by atoms with Crippen molar-refractivity contribution in [2.24, 2.45) is 11.7 Å². The Morgan fingerprint density at radius 3 is 1.86 bits per heavy atom. The van der Waals surface area contributed by atoms with Crippen LogP contribution in [0.15, 0.2) is 48.5 Å². The Morgan fingerprint density at radius 2 is 1.41 bits per heavy atom. The first-order valence-electron chi connectivity index (χ1n) is 7.46. The molecule has 1 unspecified atom stereocenters.